The van der Waals surface area contributed by atoms with Crippen LogP contribution in [-0.2, 0) is 9.53 Å². The molecule has 1 unspecified atom stereocenters. The molecule has 0 aromatic rings. The molecule has 0 N–H and O–H groups in total. The highest BCUT2D eigenvalue weighted by atomic mass is 16.5. The van der Waals surface area contributed by atoms with Crippen LogP contribution in [0.1, 0.15) is 71.6 Å². The van der Waals surface area contributed by atoms with Gasteiger partial charge in [0.2, 0.25) is 0 Å². The number of allylic oxidation sites excluding steroid dienone is 2. The van der Waals surface area contributed by atoms with Crippen molar-refractivity contribution < 1.29 is 9.53 Å². The molecule has 1 aliphatic heterocycles. The van der Waals surface area contributed by atoms with E-state index in [0.29, 0.717) is 18.1 Å². The maximum absolute atomic E-state index is 12.0. The second-order valence-electron chi connectivity index (χ2n) is 7.99. The van der Waals surface area contributed by atoms with Gasteiger partial charge in [-0.15, -0.1) is 0 Å². The third-order valence-corrected chi connectivity index (χ3v) is 5.46. The van der Waals surface area contributed by atoms with Crippen molar-refractivity contribution >= 4 is 5.78 Å². The molecule has 2 nitrogen and oxygen atoms in total. The van der Waals surface area contributed by atoms with Gasteiger partial charge >= 0.3 is 0 Å². The molecule has 1 saturated heterocycles. The number of rotatable bonds is 1. The SMILES string of the molecule is CC1(C)CC(=O)C=C(C2CCOC3(CCCCC3)C2)C1. The molecule has 2 fully saturated rings. The van der Waals surface area contributed by atoms with Crippen molar-refractivity contribution in [1.29, 1.82) is 0 Å². The Morgan fingerprint density at radius 2 is 1.90 bits per heavy atom. The van der Waals surface area contributed by atoms with Gasteiger partial charge in [0.25, 0.3) is 0 Å². The van der Waals surface area contributed by atoms with Gasteiger partial charge in [-0.25, -0.2) is 0 Å². The van der Waals surface area contributed by atoms with Gasteiger partial charge in [-0.2, -0.15) is 0 Å². The predicted octanol–water partition coefficient (Wildman–Crippen LogP) is 4.43. The number of hydrogen-bond donors (Lipinski definition) is 0. The molecule has 20 heavy (non-hydrogen) atoms. The highest BCUT2D eigenvalue weighted by Gasteiger charge is 2.41. The Bertz CT molecular complexity index is 408. The molecule has 0 aromatic carbocycles. The molecule has 0 bridgehead atoms. The second-order valence-corrected chi connectivity index (χ2v) is 7.99. The lowest BCUT2D eigenvalue weighted by Gasteiger charge is -2.45. The molecule has 1 heterocycles. The van der Waals surface area contributed by atoms with Gasteiger partial charge in [0.05, 0.1) is 5.60 Å². The van der Waals surface area contributed by atoms with Crippen LogP contribution in [0.5, 0.6) is 0 Å². The van der Waals surface area contributed by atoms with Gasteiger partial charge in [0, 0.05) is 13.0 Å². The molecule has 3 aliphatic rings. The average molecular weight is 276 g/mol. The van der Waals surface area contributed by atoms with E-state index in [2.05, 4.69) is 13.8 Å². The predicted molar refractivity (Wildman–Crippen MR) is 80.6 cm³/mol. The largest absolute Gasteiger partial charge is 0.375 e. The monoisotopic (exact) mass is 276 g/mol. The quantitative estimate of drug-likeness (QED) is 0.708. The van der Waals surface area contributed by atoms with Crippen LogP contribution >= 0.6 is 0 Å². The summed E-state index contributed by atoms with van der Waals surface area (Å²) in [5.41, 5.74) is 1.71. The molecule has 0 radical (unpaired) electrons. The summed E-state index contributed by atoms with van der Waals surface area (Å²) in [5, 5.41) is 0. The summed E-state index contributed by atoms with van der Waals surface area (Å²) < 4.78 is 6.19. The van der Waals surface area contributed by atoms with E-state index in [4.69, 9.17) is 4.74 Å². The summed E-state index contributed by atoms with van der Waals surface area (Å²) in [5.74, 6) is 0.922. The van der Waals surface area contributed by atoms with Crippen molar-refractivity contribution in [3.8, 4) is 0 Å². The Morgan fingerprint density at radius 3 is 2.60 bits per heavy atom. The summed E-state index contributed by atoms with van der Waals surface area (Å²) in [6.07, 6.45) is 12.5. The Morgan fingerprint density at radius 1 is 1.15 bits per heavy atom. The fraction of sp³-hybridized carbons (Fsp3) is 0.833. The van der Waals surface area contributed by atoms with Gasteiger partial charge in [-0.3, -0.25) is 4.79 Å². The van der Waals surface area contributed by atoms with Crippen LogP contribution in [0.4, 0.5) is 0 Å². The van der Waals surface area contributed by atoms with Gasteiger partial charge in [0.15, 0.2) is 5.78 Å². The van der Waals surface area contributed by atoms with E-state index in [1.807, 2.05) is 6.08 Å². The minimum absolute atomic E-state index is 0.145. The standard InChI is InChI=1S/C18H28O2/c1-17(2)11-15(10-16(19)13-17)14-6-9-20-18(12-14)7-4-3-5-8-18/h10,14H,3-9,11-13H2,1-2H3. The first-order valence-electron chi connectivity index (χ1n) is 8.35. The number of ketones is 1. The normalized spacial score (nSPS) is 33.0. The van der Waals surface area contributed by atoms with Crippen LogP contribution in [0.25, 0.3) is 0 Å². The Kier molecular flexibility index (Phi) is 3.79. The zero-order valence-electron chi connectivity index (χ0n) is 13.0. The van der Waals surface area contributed by atoms with Gasteiger partial charge in [-0.1, -0.05) is 38.7 Å². The van der Waals surface area contributed by atoms with E-state index < -0.39 is 0 Å². The summed E-state index contributed by atoms with van der Waals surface area (Å²) in [6, 6.07) is 0. The Labute approximate surface area is 123 Å². The molecule has 3 rings (SSSR count). The van der Waals surface area contributed by atoms with Crippen molar-refractivity contribution in [1.82, 2.24) is 0 Å². The number of ether oxygens (including phenoxy) is 1. The fourth-order valence-corrected chi connectivity index (χ4v) is 4.55. The smallest absolute Gasteiger partial charge is 0.156 e. The average Bonchev–Trinajstić information content (AvgIpc) is 2.37. The van der Waals surface area contributed by atoms with Gasteiger partial charge in [0.1, 0.15) is 0 Å². The summed E-state index contributed by atoms with van der Waals surface area (Å²) in [6.45, 7) is 5.35. The number of hydrogen-bond acceptors (Lipinski definition) is 2. The van der Waals surface area contributed by atoms with E-state index >= 15 is 0 Å². The van der Waals surface area contributed by atoms with E-state index in [1.165, 1.54) is 37.7 Å². The first kappa shape index (κ1) is 14.3. The highest BCUT2D eigenvalue weighted by Crippen LogP contribution is 2.46. The Hall–Kier alpha value is -0.630. The third-order valence-electron chi connectivity index (χ3n) is 5.46. The lowest BCUT2D eigenvalue weighted by molar-refractivity contribution is -0.119. The summed E-state index contributed by atoms with van der Waals surface area (Å²) in [4.78, 5) is 12.0. The zero-order chi connectivity index (χ0) is 14.2. The topological polar surface area (TPSA) is 26.3 Å². The molecule has 112 valence electrons. The van der Waals surface area contributed by atoms with E-state index in [0.717, 1.165) is 25.9 Å². The number of carbonyl (C=O) groups is 1. The van der Waals surface area contributed by atoms with Crippen LogP contribution in [0.2, 0.25) is 0 Å². The minimum Gasteiger partial charge on any atom is -0.375 e. The molecular weight excluding hydrogens is 248 g/mol. The van der Waals surface area contributed by atoms with Crippen LogP contribution in [0.15, 0.2) is 11.6 Å². The molecular formula is C18H28O2. The van der Waals surface area contributed by atoms with Crippen molar-refractivity contribution in [2.45, 2.75) is 77.2 Å². The molecule has 0 amide bonds. The Balaban J connectivity index is 1.75. The fourth-order valence-electron chi connectivity index (χ4n) is 4.55. The van der Waals surface area contributed by atoms with Crippen molar-refractivity contribution in [3.63, 3.8) is 0 Å². The van der Waals surface area contributed by atoms with Crippen LogP contribution in [0.3, 0.4) is 0 Å². The molecule has 1 atom stereocenters. The maximum atomic E-state index is 12.0. The van der Waals surface area contributed by atoms with Gasteiger partial charge < -0.3 is 4.74 Å². The highest BCUT2D eigenvalue weighted by molar-refractivity contribution is 5.91. The molecule has 1 spiro atoms. The van der Waals surface area contributed by atoms with Crippen LogP contribution in [-0.4, -0.2) is 18.0 Å². The maximum Gasteiger partial charge on any atom is 0.156 e. The summed E-state index contributed by atoms with van der Waals surface area (Å²) in [7, 11) is 0. The second kappa shape index (κ2) is 5.29. The van der Waals surface area contributed by atoms with Crippen molar-refractivity contribution in [2.24, 2.45) is 11.3 Å². The minimum atomic E-state index is 0.145. The van der Waals surface area contributed by atoms with Crippen molar-refractivity contribution in [2.75, 3.05) is 6.61 Å². The first-order valence-corrected chi connectivity index (χ1v) is 8.35. The molecule has 2 aliphatic carbocycles. The molecule has 2 heteroatoms. The summed E-state index contributed by atoms with van der Waals surface area (Å²) >= 11 is 0. The van der Waals surface area contributed by atoms with Gasteiger partial charge in [-0.05, 0) is 49.5 Å². The zero-order valence-corrected chi connectivity index (χ0v) is 13.0. The van der Waals surface area contributed by atoms with Crippen LogP contribution < -0.4 is 0 Å². The molecule has 1 saturated carbocycles. The first-order chi connectivity index (χ1) is 9.48. The third kappa shape index (κ3) is 3.00. The lowest BCUT2D eigenvalue weighted by Crippen LogP contribution is -2.42. The van der Waals surface area contributed by atoms with E-state index in [9.17, 15) is 4.79 Å². The van der Waals surface area contributed by atoms with E-state index in [-0.39, 0.29) is 11.0 Å². The number of carbonyl (C=O) groups excluding carboxylic acids is 1. The van der Waals surface area contributed by atoms with E-state index in [1.54, 1.807) is 0 Å². The van der Waals surface area contributed by atoms with Crippen molar-refractivity contribution in [3.05, 3.63) is 11.6 Å². The van der Waals surface area contributed by atoms with Crippen LogP contribution in [0, 0.1) is 11.3 Å². The molecule has 0 aromatic heterocycles. The lowest BCUT2D eigenvalue weighted by atomic mass is 9.68.